The molecule has 1 rings (SSSR count). The van der Waals surface area contributed by atoms with Crippen molar-refractivity contribution in [1.82, 2.24) is 14.7 Å². The molecule has 0 unspecified atom stereocenters. The molecule has 2 N–H and O–H groups in total. The normalized spacial score (nSPS) is 10.0. The number of nitrogens with zero attached hydrogens (tertiary/aromatic N) is 3. The fraction of sp³-hybridized carbons (Fsp3) is 0.400. The standard InChI is InChI=1S/C10H16N4O/c1-4-6-14(5-2)10(15)8-7-12-13(3)9(8)11/h4,7H,1,5-6,11H2,2-3H3. The van der Waals surface area contributed by atoms with Gasteiger partial charge in [0.05, 0.1) is 6.20 Å². The number of amides is 1. The molecule has 1 aromatic rings. The van der Waals surface area contributed by atoms with Gasteiger partial charge in [-0.05, 0) is 6.92 Å². The minimum atomic E-state index is -0.108. The maximum atomic E-state index is 11.9. The Bertz CT molecular complexity index is 369. The van der Waals surface area contributed by atoms with Gasteiger partial charge in [0.15, 0.2) is 0 Å². The summed E-state index contributed by atoms with van der Waals surface area (Å²) < 4.78 is 1.48. The van der Waals surface area contributed by atoms with Crippen LogP contribution in [-0.2, 0) is 7.05 Å². The lowest BCUT2D eigenvalue weighted by molar-refractivity contribution is 0.0783. The summed E-state index contributed by atoms with van der Waals surface area (Å²) in [6, 6.07) is 0. The number of nitrogens with two attached hydrogens (primary N) is 1. The molecule has 1 amide bonds. The van der Waals surface area contributed by atoms with E-state index >= 15 is 0 Å². The van der Waals surface area contributed by atoms with E-state index < -0.39 is 0 Å². The van der Waals surface area contributed by atoms with E-state index in [4.69, 9.17) is 5.73 Å². The van der Waals surface area contributed by atoms with Gasteiger partial charge in [0.1, 0.15) is 11.4 Å². The predicted molar refractivity (Wildman–Crippen MR) is 59.4 cm³/mol. The molecule has 0 aromatic carbocycles. The Balaban J connectivity index is 2.92. The number of anilines is 1. The van der Waals surface area contributed by atoms with Crippen molar-refractivity contribution in [3.05, 3.63) is 24.4 Å². The maximum absolute atomic E-state index is 11.9. The van der Waals surface area contributed by atoms with Gasteiger partial charge in [-0.3, -0.25) is 9.48 Å². The van der Waals surface area contributed by atoms with Gasteiger partial charge in [-0.2, -0.15) is 5.10 Å². The summed E-state index contributed by atoms with van der Waals surface area (Å²) in [5.74, 6) is 0.283. The highest BCUT2D eigenvalue weighted by atomic mass is 16.2. The van der Waals surface area contributed by atoms with Gasteiger partial charge in [0.25, 0.3) is 5.91 Å². The second kappa shape index (κ2) is 4.63. The monoisotopic (exact) mass is 208 g/mol. The third-order valence-corrected chi connectivity index (χ3v) is 2.23. The molecule has 15 heavy (non-hydrogen) atoms. The molecule has 0 radical (unpaired) electrons. The van der Waals surface area contributed by atoms with E-state index in [2.05, 4.69) is 11.7 Å². The molecular weight excluding hydrogens is 192 g/mol. The Morgan fingerprint density at radius 2 is 2.47 bits per heavy atom. The van der Waals surface area contributed by atoms with Crippen molar-refractivity contribution >= 4 is 11.7 Å². The molecule has 82 valence electrons. The topological polar surface area (TPSA) is 64.2 Å². The van der Waals surface area contributed by atoms with Gasteiger partial charge in [0.2, 0.25) is 0 Å². The average Bonchev–Trinajstić information content (AvgIpc) is 2.55. The van der Waals surface area contributed by atoms with E-state index in [0.29, 0.717) is 24.5 Å². The molecule has 0 atom stereocenters. The van der Waals surface area contributed by atoms with Crippen molar-refractivity contribution in [2.45, 2.75) is 6.92 Å². The molecule has 0 aliphatic carbocycles. The number of carbonyl (C=O) groups excluding carboxylic acids is 1. The number of hydrogen-bond acceptors (Lipinski definition) is 3. The highest BCUT2D eigenvalue weighted by Crippen LogP contribution is 2.12. The third-order valence-electron chi connectivity index (χ3n) is 2.23. The summed E-state index contributed by atoms with van der Waals surface area (Å²) in [6.07, 6.45) is 3.18. The second-order valence-electron chi connectivity index (χ2n) is 3.20. The van der Waals surface area contributed by atoms with Crippen molar-refractivity contribution < 1.29 is 4.79 Å². The quantitative estimate of drug-likeness (QED) is 0.739. The van der Waals surface area contributed by atoms with Crippen LogP contribution in [-0.4, -0.2) is 33.7 Å². The van der Waals surface area contributed by atoms with E-state index in [1.54, 1.807) is 18.0 Å². The van der Waals surface area contributed by atoms with Crippen molar-refractivity contribution in [3.63, 3.8) is 0 Å². The maximum Gasteiger partial charge on any atom is 0.259 e. The van der Waals surface area contributed by atoms with E-state index in [-0.39, 0.29) is 5.91 Å². The van der Waals surface area contributed by atoms with Crippen LogP contribution in [0.25, 0.3) is 0 Å². The lowest BCUT2D eigenvalue weighted by Crippen LogP contribution is -2.31. The molecule has 0 aliphatic rings. The van der Waals surface area contributed by atoms with Crippen molar-refractivity contribution in [3.8, 4) is 0 Å². The first-order valence-electron chi connectivity index (χ1n) is 4.79. The largest absolute Gasteiger partial charge is 0.383 e. The van der Waals surface area contributed by atoms with Crippen LogP contribution in [0.3, 0.4) is 0 Å². The summed E-state index contributed by atoms with van der Waals surface area (Å²) >= 11 is 0. The average molecular weight is 208 g/mol. The summed E-state index contributed by atoms with van der Waals surface area (Å²) in [6.45, 7) is 6.66. The van der Waals surface area contributed by atoms with Crippen LogP contribution in [0.1, 0.15) is 17.3 Å². The zero-order valence-corrected chi connectivity index (χ0v) is 9.10. The smallest absolute Gasteiger partial charge is 0.259 e. The molecule has 0 aliphatic heterocycles. The fourth-order valence-electron chi connectivity index (χ4n) is 1.29. The zero-order chi connectivity index (χ0) is 11.4. The van der Waals surface area contributed by atoms with Crippen LogP contribution in [0, 0.1) is 0 Å². The van der Waals surface area contributed by atoms with Crippen LogP contribution < -0.4 is 5.73 Å². The lowest BCUT2D eigenvalue weighted by atomic mass is 10.2. The first-order valence-corrected chi connectivity index (χ1v) is 4.79. The highest BCUT2D eigenvalue weighted by molar-refractivity contribution is 5.98. The van der Waals surface area contributed by atoms with Gasteiger partial charge < -0.3 is 10.6 Å². The third kappa shape index (κ3) is 2.18. The van der Waals surface area contributed by atoms with E-state index in [1.807, 2.05) is 6.92 Å². The van der Waals surface area contributed by atoms with Gasteiger partial charge in [-0.15, -0.1) is 6.58 Å². The van der Waals surface area contributed by atoms with Gasteiger partial charge in [-0.25, -0.2) is 0 Å². The molecule has 0 saturated heterocycles. The van der Waals surface area contributed by atoms with Crippen molar-refractivity contribution in [1.29, 1.82) is 0 Å². The number of aryl methyl sites for hydroxylation is 1. The number of likely N-dealkylation sites (N-methyl/N-ethyl adjacent to an activating group) is 1. The van der Waals surface area contributed by atoms with Crippen LogP contribution in [0.5, 0.6) is 0 Å². The van der Waals surface area contributed by atoms with Gasteiger partial charge in [0, 0.05) is 20.1 Å². The Hall–Kier alpha value is -1.78. The molecule has 0 bridgehead atoms. The van der Waals surface area contributed by atoms with Crippen LogP contribution >= 0.6 is 0 Å². The highest BCUT2D eigenvalue weighted by Gasteiger charge is 2.18. The Kier molecular flexibility index (Phi) is 3.49. The first-order chi connectivity index (χ1) is 7.11. The second-order valence-corrected chi connectivity index (χ2v) is 3.20. The molecular formula is C10H16N4O. The lowest BCUT2D eigenvalue weighted by Gasteiger charge is -2.18. The fourth-order valence-corrected chi connectivity index (χ4v) is 1.29. The van der Waals surface area contributed by atoms with Crippen LogP contribution in [0.2, 0.25) is 0 Å². The first kappa shape index (κ1) is 11.3. The molecule has 1 aromatic heterocycles. The van der Waals surface area contributed by atoms with Crippen molar-refractivity contribution in [2.24, 2.45) is 7.05 Å². The number of hydrogen-bond donors (Lipinski definition) is 1. The number of rotatable bonds is 4. The van der Waals surface area contributed by atoms with E-state index in [1.165, 1.54) is 10.9 Å². The number of carbonyl (C=O) groups is 1. The van der Waals surface area contributed by atoms with Crippen LogP contribution in [0.15, 0.2) is 18.9 Å². The SMILES string of the molecule is C=CCN(CC)C(=O)c1cnn(C)c1N. The van der Waals surface area contributed by atoms with Crippen molar-refractivity contribution in [2.75, 3.05) is 18.8 Å². The summed E-state index contributed by atoms with van der Waals surface area (Å²) in [5, 5.41) is 3.93. The molecule has 0 saturated carbocycles. The Labute approximate surface area is 89.2 Å². The minimum absolute atomic E-state index is 0.108. The van der Waals surface area contributed by atoms with E-state index in [0.717, 1.165) is 0 Å². The predicted octanol–water partition coefficient (Wildman–Crippen LogP) is 0.650. The molecule has 1 heterocycles. The molecule has 0 spiro atoms. The molecule has 0 fully saturated rings. The summed E-state index contributed by atoms with van der Waals surface area (Å²) in [7, 11) is 1.70. The summed E-state index contributed by atoms with van der Waals surface area (Å²) in [4.78, 5) is 13.6. The Morgan fingerprint density at radius 3 is 2.87 bits per heavy atom. The molecule has 5 heteroatoms. The van der Waals surface area contributed by atoms with Gasteiger partial charge in [-0.1, -0.05) is 6.08 Å². The van der Waals surface area contributed by atoms with Crippen LogP contribution in [0.4, 0.5) is 5.82 Å². The Morgan fingerprint density at radius 1 is 1.80 bits per heavy atom. The van der Waals surface area contributed by atoms with E-state index in [9.17, 15) is 4.79 Å². The van der Waals surface area contributed by atoms with Gasteiger partial charge >= 0.3 is 0 Å². The molecule has 5 nitrogen and oxygen atoms in total. The number of nitrogen functional groups attached to an aromatic ring is 1. The summed E-state index contributed by atoms with van der Waals surface area (Å²) in [5.41, 5.74) is 6.16. The number of aromatic nitrogens is 2. The minimum Gasteiger partial charge on any atom is -0.383 e. The zero-order valence-electron chi connectivity index (χ0n) is 9.10.